The van der Waals surface area contributed by atoms with Gasteiger partial charge in [-0.3, -0.25) is 14.4 Å². The zero-order valence-electron chi connectivity index (χ0n) is 13.2. The van der Waals surface area contributed by atoms with E-state index in [1.807, 2.05) is 30.0 Å². The van der Waals surface area contributed by atoms with E-state index in [1.165, 1.54) is 13.8 Å². The Morgan fingerprint density at radius 2 is 1.95 bits per heavy atom. The third-order valence-electron chi connectivity index (χ3n) is 2.94. The lowest BCUT2D eigenvalue weighted by atomic mass is 10.2. The summed E-state index contributed by atoms with van der Waals surface area (Å²) in [5, 5.41) is 2.73. The van der Waals surface area contributed by atoms with Gasteiger partial charge >= 0.3 is 5.97 Å². The van der Waals surface area contributed by atoms with Crippen molar-refractivity contribution in [1.82, 2.24) is 0 Å². The molecule has 0 aromatic heterocycles. The first-order chi connectivity index (χ1) is 10.4. The minimum Gasteiger partial charge on any atom is -0.458 e. The monoisotopic (exact) mass is 306 g/mol. The first kappa shape index (κ1) is 17.7. The molecular formula is C16H22N2O4. The summed E-state index contributed by atoms with van der Waals surface area (Å²) in [5.41, 5.74) is 1.62. The normalized spacial score (nSPS) is 9.95. The fourth-order valence-electron chi connectivity index (χ4n) is 1.93. The maximum Gasteiger partial charge on any atom is 0.308 e. The van der Waals surface area contributed by atoms with Crippen LogP contribution in [0, 0.1) is 0 Å². The summed E-state index contributed by atoms with van der Waals surface area (Å²) >= 11 is 0. The van der Waals surface area contributed by atoms with Crippen LogP contribution in [0.4, 0.5) is 11.4 Å². The Balaban J connectivity index is 2.61. The number of anilines is 2. The van der Waals surface area contributed by atoms with Crippen molar-refractivity contribution in [2.75, 3.05) is 29.9 Å². The van der Waals surface area contributed by atoms with Crippen LogP contribution in [-0.2, 0) is 19.1 Å². The van der Waals surface area contributed by atoms with E-state index in [4.69, 9.17) is 4.74 Å². The molecule has 0 spiro atoms. The molecule has 0 atom stereocenters. The van der Waals surface area contributed by atoms with Gasteiger partial charge in [0.1, 0.15) is 6.61 Å². The summed E-state index contributed by atoms with van der Waals surface area (Å²) in [6, 6.07) is 7.42. The van der Waals surface area contributed by atoms with Gasteiger partial charge in [-0.25, -0.2) is 0 Å². The van der Waals surface area contributed by atoms with Crippen LogP contribution < -0.4 is 10.2 Å². The van der Waals surface area contributed by atoms with Gasteiger partial charge in [-0.05, 0) is 32.0 Å². The Labute approximate surface area is 130 Å². The summed E-state index contributed by atoms with van der Waals surface area (Å²) in [6.07, 6.45) is 0.200. The molecule has 22 heavy (non-hydrogen) atoms. The summed E-state index contributed by atoms with van der Waals surface area (Å²) in [5.74, 6) is -0.705. The third-order valence-corrected chi connectivity index (χ3v) is 2.94. The van der Waals surface area contributed by atoms with Crippen LogP contribution in [0.25, 0.3) is 0 Å². The summed E-state index contributed by atoms with van der Waals surface area (Å²) in [6.45, 7) is 5.82. The van der Waals surface area contributed by atoms with Crippen molar-refractivity contribution in [1.29, 1.82) is 0 Å². The van der Waals surface area contributed by atoms with Gasteiger partial charge in [-0.1, -0.05) is 6.07 Å². The van der Waals surface area contributed by atoms with E-state index in [-0.39, 0.29) is 24.7 Å². The molecule has 0 fully saturated rings. The molecule has 1 aromatic rings. The molecule has 6 nitrogen and oxygen atoms in total. The first-order valence-corrected chi connectivity index (χ1v) is 7.20. The minimum absolute atomic E-state index is 0.131. The Morgan fingerprint density at radius 3 is 2.55 bits per heavy atom. The predicted octanol–water partition coefficient (Wildman–Crippen LogP) is 1.99. The van der Waals surface area contributed by atoms with E-state index >= 15 is 0 Å². The molecule has 0 aliphatic rings. The SMILES string of the molecule is CCN(CCC(=O)OCC(C)=O)c1cccc(NC(C)=O)c1. The number of hydrogen-bond acceptors (Lipinski definition) is 5. The lowest BCUT2D eigenvalue weighted by Gasteiger charge is -2.23. The molecule has 1 N–H and O–H groups in total. The van der Waals surface area contributed by atoms with Gasteiger partial charge in [-0.2, -0.15) is 0 Å². The molecule has 0 saturated carbocycles. The Kier molecular flexibility index (Phi) is 7.08. The molecule has 1 aromatic carbocycles. The smallest absolute Gasteiger partial charge is 0.308 e. The van der Waals surface area contributed by atoms with Crippen molar-refractivity contribution < 1.29 is 19.1 Å². The van der Waals surface area contributed by atoms with E-state index in [1.54, 1.807) is 6.07 Å². The maximum absolute atomic E-state index is 11.6. The number of carbonyl (C=O) groups is 3. The summed E-state index contributed by atoms with van der Waals surface area (Å²) in [7, 11) is 0. The van der Waals surface area contributed by atoms with Gasteiger partial charge in [-0.15, -0.1) is 0 Å². The van der Waals surface area contributed by atoms with Crippen LogP contribution in [0.15, 0.2) is 24.3 Å². The van der Waals surface area contributed by atoms with Crippen molar-refractivity contribution in [3.8, 4) is 0 Å². The molecule has 0 radical (unpaired) electrons. The number of carbonyl (C=O) groups excluding carboxylic acids is 3. The standard InChI is InChI=1S/C16H22N2O4/c1-4-18(9-8-16(21)22-11-12(2)19)15-7-5-6-14(10-15)17-13(3)20/h5-7,10H,4,8-9,11H2,1-3H3,(H,17,20). The van der Waals surface area contributed by atoms with E-state index in [9.17, 15) is 14.4 Å². The number of nitrogens with one attached hydrogen (secondary N) is 1. The second-order valence-electron chi connectivity index (χ2n) is 4.92. The summed E-state index contributed by atoms with van der Waals surface area (Å²) < 4.78 is 4.84. The number of benzene rings is 1. The molecule has 0 unspecified atom stereocenters. The van der Waals surface area contributed by atoms with E-state index in [0.29, 0.717) is 18.8 Å². The van der Waals surface area contributed by atoms with Crippen LogP contribution in [0.1, 0.15) is 27.2 Å². The predicted molar refractivity (Wildman–Crippen MR) is 84.9 cm³/mol. The molecule has 1 rings (SSSR count). The van der Waals surface area contributed by atoms with Crippen LogP contribution >= 0.6 is 0 Å². The highest BCUT2D eigenvalue weighted by Crippen LogP contribution is 2.19. The van der Waals surface area contributed by atoms with Gasteiger partial charge in [0.05, 0.1) is 6.42 Å². The fourth-order valence-corrected chi connectivity index (χ4v) is 1.93. The summed E-state index contributed by atoms with van der Waals surface area (Å²) in [4.78, 5) is 35.4. The van der Waals surface area contributed by atoms with Gasteiger partial charge in [0.25, 0.3) is 0 Å². The number of amides is 1. The van der Waals surface area contributed by atoms with Gasteiger partial charge < -0.3 is 15.0 Å². The molecule has 0 heterocycles. The molecular weight excluding hydrogens is 284 g/mol. The largest absolute Gasteiger partial charge is 0.458 e. The molecule has 6 heteroatoms. The fraction of sp³-hybridized carbons (Fsp3) is 0.438. The average molecular weight is 306 g/mol. The maximum atomic E-state index is 11.6. The zero-order chi connectivity index (χ0) is 16.5. The van der Waals surface area contributed by atoms with E-state index in [2.05, 4.69) is 5.32 Å². The molecule has 0 aliphatic carbocycles. The highest BCUT2D eigenvalue weighted by Gasteiger charge is 2.10. The quantitative estimate of drug-likeness (QED) is 0.743. The number of hydrogen-bond donors (Lipinski definition) is 1. The third kappa shape index (κ3) is 6.39. The Bertz CT molecular complexity index is 543. The van der Waals surface area contributed by atoms with Crippen molar-refractivity contribution in [2.45, 2.75) is 27.2 Å². The van der Waals surface area contributed by atoms with Crippen LogP contribution in [0.3, 0.4) is 0 Å². The lowest BCUT2D eigenvalue weighted by Crippen LogP contribution is -2.26. The number of ether oxygens (including phenoxy) is 1. The molecule has 1 amide bonds. The molecule has 120 valence electrons. The molecule has 0 bridgehead atoms. The van der Waals surface area contributed by atoms with Gasteiger partial charge in [0.2, 0.25) is 5.91 Å². The average Bonchev–Trinajstić information content (AvgIpc) is 2.45. The van der Waals surface area contributed by atoms with Gasteiger partial charge in [0.15, 0.2) is 5.78 Å². The highest BCUT2D eigenvalue weighted by molar-refractivity contribution is 5.89. The minimum atomic E-state index is -0.397. The van der Waals surface area contributed by atoms with Crippen LogP contribution in [0.5, 0.6) is 0 Å². The zero-order valence-corrected chi connectivity index (χ0v) is 13.2. The van der Waals surface area contributed by atoms with Crippen molar-refractivity contribution in [3.05, 3.63) is 24.3 Å². The number of esters is 1. The van der Waals surface area contributed by atoms with Crippen molar-refractivity contribution >= 4 is 29.0 Å². The highest BCUT2D eigenvalue weighted by atomic mass is 16.5. The number of Topliss-reactive ketones (excluding diaryl/α,β-unsaturated/α-hetero) is 1. The van der Waals surface area contributed by atoms with Crippen LogP contribution in [0.2, 0.25) is 0 Å². The number of rotatable bonds is 8. The second-order valence-corrected chi connectivity index (χ2v) is 4.92. The van der Waals surface area contributed by atoms with Crippen LogP contribution in [-0.4, -0.2) is 37.4 Å². The van der Waals surface area contributed by atoms with E-state index < -0.39 is 5.97 Å². The topological polar surface area (TPSA) is 75.7 Å². The Hall–Kier alpha value is -2.37. The number of nitrogens with zero attached hydrogens (tertiary/aromatic N) is 1. The van der Waals surface area contributed by atoms with Gasteiger partial charge in [0, 0.05) is 31.4 Å². The lowest BCUT2D eigenvalue weighted by molar-refractivity contribution is -0.147. The first-order valence-electron chi connectivity index (χ1n) is 7.20. The molecule has 0 saturated heterocycles. The molecule has 0 aliphatic heterocycles. The second kappa shape index (κ2) is 8.81. The van der Waals surface area contributed by atoms with Crippen molar-refractivity contribution in [3.63, 3.8) is 0 Å². The Morgan fingerprint density at radius 1 is 1.23 bits per heavy atom. The van der Waals surface area contributed by atoms with E-state index in [0.717, 1.165) is 5.69 Å². The van der Waals surface area contributed by atoms with Crippen molar-refractivity contribution in [2.24, 2.45) is 0 Å². The number of ketones is 1.